The monoisotopic (exact) mass is 193 g/mol. The Hall–Kier alpha value is -1.05. The van der Waals surface area contributed by atoms with Gasteiger partial charge in [0.1, 0.15) is 0 Å². The number of hydrogen-bond donors (Lipinski definition) is 0. The minimum Gasteiger partial charge on any atom is -0.335 e. The molecule has 2 rings (SSSR count). The van der Waals surface area contributed by atoms with E-state index in [0.717, 1.165) is 25.9 Å². The predicted octanol–water partition coefficient (Wildman–Crippen LogP) is 2.52. The Morgan fingerprint density at radius 2 is 2.07 bits per heavy atom. The highest BCUT2D eigenvalue weighted by atomic mass is 16.2. The molecular weight excluding hydrogens is 174 g/mol. The molecule has 78 valence electrons. The summed E-state index contributed by atoms with van der Waals surface area (Å²) in [7, 11) is 0. The van der Waals surface area contributed by atoms with Crippen LogP contribution in [0.1, 0.15) is 33.6 Å². The van der Waals surface area contributed by atoms with Crippen LogP contribution in [0.5, 0.6) is 0 Å². The van der Waals surface area contributed by atoms with E-state index in [1.54, 1.807) is 6.92 Å². The topological polar surface area (TPSA) is 20.3 Å². The van der Waals surface area contributed by atoms with Crippen molar-refractivity contribution in [1.82, 2.24) is 4.90 Å². The molecule has 0 aromatic rings. The van der Waals surface area contributed by atoms with Gasteiger partial charge in [0.2, 0.25) is 5.91 Å². The van der Waals surface area contributed by atoms with E-state index in [0.29, 0.717) is 0 Å². The first kappa shape index (κ1) is 11.0. The normalized spacial score (nSPS) is 18.9. The maximum atomic E-state index is 11.1. The molecule has 1 heterocycles. The van der Waals surface area contributed by atoms with Crippen molar-refractivity contribution < 1.29 is 4.79 Å². The van der Waals surface area contributed by atoms with E-state index in [-0.39, 0.29) is 5.91 Å². The number of rotatable bonds is 0. The highest BCUT2D eigenvalue weighted by Gasteiger charge is 2.22. The lowest BCUT2D eigenvalue weighted by Crippen LogP contribution is -2.26. The van der Waals surface area contributed by atoms with Crippen LogP contribution >= 0.6 is 0 Å². The molecule has 0 atom stereocenters. The molecule has 1 amide bonds. The summed E-state index contributed by atoms with van der Waals surface area (Å²) in [6, 6.07) is 0. The van der Waals surface area contributed by atoms with Crippen molar-refractivity contribution in [3.05, 3.63) is 23.3 Å². The summed E-state index contributed by atoms with van der Waals surface area (Å²) in [5, 5.41) is 0. The van der Waals surface area contributed by atoms with Gasteiger partial charge in [-0.3, -0.25) is 4.79 Å². The highest BCUT2D eigenvalue weighted by molar-refractivity contribution is 5.75. The Bertz CT molecular complexity index is 276. The summed E-state index contributed by atoms with van der Waals surface area (Å²) in [5.74, 6) is 0.192. The molecule has 14 heavy (non-hydrogen) atoms. The molecule has 2 nitrogen and oxygen atoms in total. The smallest absolute Gasteiger partial charge is 0.220 e. The third kappa shape index (κ3) is 2.25. The van der Waals surface area contributed by atoms with Crippen LogP contribution in [0.2, 0.25) is 0 Å². The third-order valence-corrected chi connectivity index (χ3v) is 2.57. The standard InChI is InChI=1S/C10H13NO.C2H6/c1-8(12)11-6-9-4-2-3-5-10(9)7-11;1-2/h2,4H,3,5-7H2,1H3;1-2H3. The van der Waals surface area contributed by atoms with Crippen LogP contribution in [-0.4, -0.2) is 23.9 Å². The minimum atomic E-state index is 0.192. The number of hydrogen-bond acceptors (Lipinski definition) is 1. The average Bonchev–Trinajstić information content (AvgIpc) is 2.64. The highest BCUT2D eigenvalue weighted by Crippen LogP contribution is 2.26. The molecular formula is C12H19NO. The first-order valence-electron chi connectivity index (χ1n) is 5.40. The fourth-order valence-electron chi connectivity index (χ4n) is 1.82. The number of carbonyl (C=O) groups excluding carboxylic acids is 1. The summed E-state index contributed by atoms with van der Waals surface area (Å²) in [6.07, 6.45) is 6.66. The Balaban J connectivity index is 0.000000461. The predicted molar refractivity (Wildman–Crippen MR) is 59.0 cm³/mol. The maximum Gasteiger partial charge on any atom is 0.220 e. The zero-order chi connectivity index (χ0) is 10.6. The zero-order valence-corrected chi connectivity index (χ0v) is 9.34. The molecule has 0 aromatic carbocycles. The van der Waals surface area contributed by atoms with Crippen LogP contribution in [0.25, 0.3) is 0 Å². The lowest BCUT2D eigenvalue weighted by molar-refractivity contribution is -0.127. The van der Waals surface area contributed by atoms with Gasteiger partial charge < -0.3 is 4.90 Å². The summed E-state index contributed by atoms with van der Waals surface area (Å²) < 4.78 is 0. The second-order valence-electron chi connectivity index (χ2n) is 3.44. The fourth-order valence-corrected chi connectivity index (χ4v) is 1.82. The maximum absolute atomic E-state index is 11.1. The average molecular weight is 193 g/mol. The van der Waals surface area contributed by atoms with Crippen LogP contribution in [-0.2, 0) is 4.79 Å². The van der Waals surface area contributed by atoms with Gasteiger partial charge in [0.25, 0.3) is 0 Å². The second kappa shape index (κ2) is 4.99. The van der Waals surface area contributed by atoms with Crippen LogP contribution in [0, 0.1) is 0 Å². The van der Waals surface area contributed by atoms with Gasteiger partial charge in [-0.2, -0.15) is 0 Å². The lowest BCUT2D eigenvalue weighted by atomic mass is 10.0. The minimum absolute atomic E-state index is 0.192. The third-order valence-electron chi connectivity index (χ3n) is 2.57. The van der Waals surface area contributed by atoms with Crippen LogP contribution in [0.4, 0.5) is 0 Å². The Morgan fingerprint density at radius 1 is 1.36 bits per heavy atom. The molecule has 0 aromatic heterocycles. The van der Waals surface area contributed by atoms with E-state index in [1.165, 1.54) is 11.1 Å². The van der Waals surface area contributed by atoms with Crippen LogP contribution < -0.4 is 0 Å². The Labute approximate surface area is 86.3 Å². The summed E-state index contributed by atoms with van der Waals surface area (Å²) in [4.78, 5) is 13.0. The van der Waals surface area contributed by atoms with E-state index in [9.17, 15) is 4.79 Å². The van der Waals surface area contributed by atoms with Crippen molar-refractivity contribution in [3.63, 3.8) is 0 Å². The first-order valence-corrected chi connectivity index (χ1v) is 5.40. The quantitative estimate of drug-likeness (QED) is 0.579. The van der Waals surface area contributed by atoms with Gasteiger partial charge >= 0.3 is 0 Å². The molecule has 0 spiro atoms. The van der Waals surface area contributed by atoms with Crippen molar-refractivity contribution in [3.8, 4) is 0 Å². The van der Waals surface area contributed by atoms with E-state index < -0.39 is 0 Å². The van der Waals surface area contributed by atoms with E-state index in [2.05, 4.69) is 12.2 Å². The Morgan fingerprint density at radius 3 is 2.64 bits per heavy atom. The molecule has 2 aliphatic rings. The van der Waals surface area contributed by atoms with E-state index in [4.69, 9.17) is 0 Å². The molecule has 0 N–H and O–H groups in total. The molecule has 0 fully saturated rings. The van der Waals surface area contributed by atoms with Gasteiger partial charge in [-0.25, -0.2) is 0 Å². The molecule has 2 heteroatoms. The van der Waals surface area contributed by atoms with Crippen LogP contribution in [0.3, 0.4) is 0 Å². The molecule has 0 saturated heterocycles. The second-order valence-corrected chi connectivity index (χ2v) is 3.44. The van der Waals surface area contributed by atoms with Gasteiger partial charge in [-0.1, -0.05) is 26.0 Å². The van der Waals surface area contributed by atoms with Gasteiger partial charge in [0, 0.05) is 20.0 Å². The van der Waals surface area contributed by atoms with Gasteiger partial charge in [-0.15, -0.1) is 0 Å². The molecule has 1 aliphatic carbocycles. The van der Waals surface area contributed by atoms with E-state index >= 15 is 0 Å². The van der Waals surface area contributed by atoms with Crippen molar-refractivity contribution in [2.45, 2.75) is 33.6 Å². The van der Waals surface area contributed by atoms with Crippen molar-refractivity contribution >= 4 is 5.91 Å². The Kier molecular flexibility index (Phi) is 3.93. The van der Waals surface area contributed by atoms with Crippen molar-refractivity contribution in [2.75, 3.05) is 13.1 Å². The fraction of sp³-hybridized carbons (Fsp3) is 0.583. The number of nitrogens with zero attached hydrogens (tertiary/aromatic N) is 1. The lowest BCUT2D eigenvalue weighted by Gasteiger charge is -2.12. The first-order chi connectivity index (χ1) is 6.77. The van der Waals surface area contributed by atoms with E-state index in [1.807, 2.05) is 18.7 Å². The van der Waals surface area contributed by atoms with Gasteiger partial charge in [-0.05, 0) is 24.0 Å². The van der Waals surface area contributed by atoms with Gasteiger partial charge in [0.15, 0.2) is 0 Å². The number of allylic oxidation sites excluding steroid dienone is 1. The summed E-state index contributed by atoms with van der Waals surface area (Å²) in [6.45, 7) is 7.35. The SMILES string of the molecule is CC.CC(=O)N1CC2=C(CCC=C2)C1. The summed E-state index contributed by atoms with van der Waals surface area (Å²) in [5.41, 5.74) is 2.84. The number of carbonyl (C=O) groups is 1. The zero-order valence-electron chi connectivity index (χ0n) is 9.34. The molecule has 1 aliphatic heterocycles. The van der Waals surface area contributed by atoms with Crippen molar-refractivity contribution in [2.24, 2.45) is 0 Å². The molecule has 0 radical (unpaired) electrons. The van der Waals surface area contributed by atoms with Gasteiger partial charge in [0.05, 0.1) is 0 Å². The number of amides is 1. The summed E-state index contributed by atoms with van der Waals surface area (Å²) >= 11 is 0. The molecule has 0 bridgehead atoms. The molecule has 0 unspecified atom stereocenters. The largest absolute Gasteiger partial charge is 0.335 e. The molecule has 0 saturated carbocycles. The van der Waals surface area contributed by atoms with Crippen molar-refractivity contribution in [1.29, 1.82) is 0 Å². The van der Waals surface area contributed by atoms with Crippen LogP contribution in [0.15, 0.2) is 23.3 Å².